The van der Waals surface area contributed by atoms with Gasteiger partial charge in [-0.15, -0.1) is 0 Å². The highest BCUT2D eigenvalue weighted by atomic mass is 32.2. The van der Waals surface area contributed by atoms with Gasteiger partial charge < -0.3 is 4.90 Å². The summed E-state index contributed by atoms with van der Waals surface area (Å²) in [6, 6.07) is 16.8. The molecule has 29 heavy (non-hydrogen) atoms. The maximum Gasteiger partial charge on any atom is 0.253 e. The maximum atomic E-state index is 12.9. The molecule has 0 saturated carbocycles. The molecule has 0 N–H and O–H groups in total. The molecular weight excluding hydrogens is 388 g/mol. The molecule has 0 aromatic heterocycles. The van der Waals surface area contributed by atoms with Crippen molar-refractivity contribution in [3.8, 4) is 0 Å². The van der Waals surface area contributed by atoms with E-state index in [0.717, 1.165) is 23.6 Å². The SMILES string of the molecule is O=C(c1cccc(N2C(=O)CCS2(=O)=O)c1)N1CCC(Cc2ccccc2)CC1. The van der Waals surface area contributed by atoms with Crippen molar-refractivity contribution in [2.24, 2.45) is 5.92 Å². The van der Waals surface area contributed by atoms with Gasteiger partial charge in [-0.1, -0.05) is 36.4 Å². The van der Waals surface area contributed by atoms with Crippen LogP contribution in [-0.2, 0) is 21.2 Å². The Bertz CT molecular complexity index is 1010. The first-order chi connectivity index (χ1) is 13.9. The average Bonchev–Trinajstić information content (AvgIpc) is 3.01. The van der Waals surface area contributed by atoms with E-state index in [1.165, 1.54) is 11.6 Å². The van der Waals surface area contributed by atoms with E-state index in [-0.39, 0.29) is 23.8 Å². The zero-order chi connectivity index (χ0) is 20.4. The number of amides is 2. The molecule has 2 amide bonds. The van der Waals surface area contributed by atoms with Crippen molar-refractivity contribution in [1.82, 2.24) is 4.90 Å². The van der Waals surface area contributed by atoms with Crippen LogP contribution in [0.4, 0.5) is 5.69 Å². The molecule has 4 rings (SSSR count). The van der Waals surface area contributed by atoms with E-state index in [2.05, 4.69) is 12.1 Å². The highest BCUT2D eigenvalue weighted by molar-refractivity contribution is 7.94. The molecule has 6 nitrogen and oxygen atoms in total. The first-order valence-electron chi connectivity index (χ1n) is 9.93. The first kappa shape index (κ1) is 19.6. The van der Waals surface area contributed by atoms with Crippen LogP contribution in [0.25, 0.3) is 0 Å². The number of rotatable bonds is 4. The van der Waals surface area contributed by atoms with Crippen LogP contribution in [0, 0.1) is 5.92 Å². The highest BCUT2D eigenvalue weighted by Gasteiger charge is 2.36. The van der Waals surface area contributed by atoms with E-state index in [0.29, 0.717) is 24.6 Å². The van der Waals surface area contributed by atoms with Crippen LogP contribution >= 0.6 is 0 Å². The molecule has 2 saturated heterocycles. The molecule has 2 aromatic carbocycles. The third kappa shape index (κ3) is 4.19. The largest absolute Gasteiger partial charge is 0.339 e. The zero-order valence-corrected chi connectivity index (χ0v) is 17.0. The minimum atomic E-state index is -3.63. The molecule has 0 spiro atoms. The number of benzene rings is 2. The normalized spacial score (nSPS) is 19.5. The van der Waals surface area contributed by atoms with Crippen LogP contribution in [0.3, 0.4) is 0 Å². The zero-order valence-electron chi connectivity index (χ0n) is 16.2. The van der Waals surface area contributed by atoms with Crippen LogP contribution in [-0.4, -0.2) is 44.0 Å². The molecule has 0 bridgehead atoms. The Labute approximate surface area is 171 Å². The predicted octanol–water partition coefficient (Wildman–Crippen LogP) is 2.85. The lowest BCUT2D eigenvalue weighted by molar-refractivity contribution is -0.116. The molecule has 2 aromatic rings. The topological polar surface area (TPSA) is 74.8 Å². The van der Waals surface area contributed by atoms with Gasteiger partial charge in [0, 0.05) is 25.1 Å². The van der Waals surface area contributed by atoms with Crippen LogP contribution in [0.5, 0.6) is 0 Å². The molecule has 0 aliphatic carbocycles. The van der Waals surface area contributed by atoms with Gasteiger partial charge in [-0.3, -0.25) is 9.59 Å². The Hall–Kier alpha value is -2.67. The number of anilines is 1. The highest BCUT2D eigenvalue weighted by Crippen LogP contribution is 2.27. The smallest absolute Gasteiger partial charge is 0.253 e. The van der Waals surface area contributed by atoms with Gasteiger partial charge >= 0.3 is 0 Å². The number of carbonyl (C=O) groups excluding carboxylic acids is 2. The van der Waals surface area contributed by atoms with E-state index in [1.807, 2.05) is 23.1 Å². The van der Waals surface area contributed by atoms with Gasteiger partial charge in [0.2, 0.25) is 15.9 Å². The molecule has 0 radical (unpaired) electrons. The van der Waals surface area contributed by atoms with Crippen molar-refractivity contribution >= 4 is 27.5 Å². The van der Waals surface area contributed by atoms with Gasteiger partial charge in [0.05, 0.1) is 11.4 Å². The summed E-state index contributed by atoms with van der Waals surface area (Å²) in [6.45, 7) is 1.36. The van der Waals surface area contributed by atoms with E-state index < -0.39 is 15.9 Å². The molecule has 7 heteroatoms. The lowest BCUT2D eigenvalue weighted by Crippen LogP contribution is -2.39. The molecule has 0 unspecified atom stereocenters. The number of hydrogen-bond donors (Lipinski definition) is 0. The predicted molar refractivity (Wildman–Crippen MR) is 111 cm³/mol. The summed E-state index contributed by atoms with van der Waals surface area (Å²) >= 11 is 0. The standard InChI is InChI=1S/C22H24N2O4S/c25-21-11-14-29(27,28)24(21)20-8-4-7-19(16-20)22(26)23-12-9-18(10-13-23)15-17-5-2-1-3-6-17/h1-8,16,18H,9-15H2. The third-order valence-electron chi connectivity index (χ3n) is 5.68. The minimum Gasteiger partial charge on any atom is -0.339 e. The maximum absolute atomic E-state index is 12.9. The second-order valence-corrected chi connectivity index (χ2v) is 9.64. The third-order valence-corrected chi connectivity index (χ3v) is 7.37. The quantitative estimate of drug-likeness (QED) is 0.774. The fourth-order valence-electron chi connectivity index (χ4n) is 4.10. The summed E-state index contributed by atoms with van der Waals surface area (Å²) < 4.78 is 25.1. The molecule has 152 valence electrons. The van der Waals surface area contributed by atoms with Gasteiger partial charge in [-0.25, -0.2) is 12.7 Å². The lowest BCUT2D eigenvalue weighted by atomic mass is 9.90. The molecule has 2 aliphatic heterocycles. The molecule has 0 atom stereocenters. The van der Waals surface area contributed by atoms with Crippen molar-refractivity contribution < 1.29 is 18.0 Å². The summed E-state index contributed by atoms with van der Waals surface area (Å²) in [5.74, 6) is -0.190. The Morgan fingerprint density at radius 3 is 2.38 bits per heavy atom. The Kier molecular flexibility index (Phi) is 5.41. The number of nitrogens with zero attached hydrogens (tertiary/aromatic N) is 2. The van der Waals surface area contributed by atoms with Crippen molar-refractivity contribution in [1.29, 1.82) is 0 Å². The molecule has 2 aliphatic rings. The number of carbonyl (C=O) groups is 2. The fraction of sp³-hybridized carbons (Fsp3) is 0.364. The summed E-state index contributed by atoms with van der Waals surface area (Å²) in [7, 11) is -3.63. The van der Waals surface area contributed by atoms with Crippen molar-refractivity contribution in [2.75, 3.05) is 23.1 Å². The summed E-state index contributed by atoms with van der Waals surface area (Å²) in [6.07, 6.45) is 2.89. The monoisotopic (exact) mass is 412 g/mol. The van der Waals surface area contributed by atoms with Gasteiger partial charge in [0.25, 0.3) is 5.91 Å². The van der Waals surface area contributed by atoms with Crippen LogP contribution in [0.15, 0.2) is 54.6 Å². The summed E-state index contributed by atoms with van der Waals surface area (Å²) in [4.78, 5) is 26.8. The Morgan fingerprint density at radius 1 is 1.00 bits per heavy atom. The van der Waals surface area contributed by atoms with E-state index in [1.54, 1.807) is 18.2 Å². The number of likely N-dealkylation sites (tertiary alicyclic amines) is 1. The van der Waals surface area contributed by atoms with Crippen molar-refractivity contribution in [3.63, 3.8) is 0 Å². The second kappa shape index (κ2) is 7.99. The number of sulfonamides is 1. The van der Waals surface area contributed by atoms with Crippen LogP contribution in [0.2, 0.25) is 0 Å². The van der Waals surface area contributed by atoms with Crippen LogP contribution in [0.1, 0.15) is 35.2 Å². The van der Waals surface area contributed by atoms with Gasteiger partial charge in [0.1, 0.15) is 0 Å². The van der Waals surface area contributed by atoms with Gasteiger partial charge in [-0.2, -0.15) is 0 Å². The van der Waals surface area contributed by atoms with Crippen molar-refractivity contribution in [2.45, 2.75) is 25.7 Å². The second-order valence-electron chi connectivity index (χ2n) is 7.70. The Balaban J connectivity index is 1.42. The lowest BCUT2D eigenvalue weighted by Gasteiger charge is -2.32. The molecule has 2 fully saturated rings. The average molecular weight is 413 g/mol. The van der Waals surface area contributed by atoms with Gasteiger partial charge in [-0.05, 0) is 48.9 Å². The summed E-state index contributed by atoms with van der Waals surface area (Å²) in [5.41, 5.74) is 1.98. The van der Waals surface area contributed by atoms with E-state index >= 15 is 0 Å². The van der Waals surface area contributed by atoms with Gasteiger partial charge in [0.15, 0.2) is 0 Å². The van der Waals surface area contributed by atoms with E-state index in [4.69, 9.17) is 0 Å². The Morgan fingerprint density at radius 2 is 1.72 bits per heavy atom. The molecular formula is C22H24N2O4S. The van der Waals surface area contributed by atoms with Crippen molar-refractivity contribution in [3.05, 3.63) is 65.7 Å². The number of hydrogen-bond acceptors (Lipinski definition) is 4. The van der Waals surface area contributed by atoms with E-state index in [9.17, 15) is 18.0 Å². The summed E-state index contributed by atoms with van der Waals surface area (Å²) in [5, 5.41) is 0. The minimum absolute atomic E-state index is 0.0184. The number of piperidine rings is 1. The first-order valence-corrected chi connectivity index (χ1v) is 11.5. The fourth-order valence-corrected chi connectivity index (χ4v) is 5.56. The molecule has 2 heterocycles. The van der Waals surface area contributed by atoms with Crippen LogP contribution < -0.4 is 4.31 Å².